The second-order valence-electron chi connectivity index (χ2n) is 10.3. The summed E-state index contributed by atoms with van der Waals surface area (Å²) < 4.78 is 47.8. The van der Waals surface area contributed by atoms with Gasteiger partial charge in [-0.25, -0.2) is 24.4 Å². The second-order valence-corrected chi connectivity index (χ2v) is 12.1. The van der Waals surface area contributed by atoms with E-state index in [9.17, 15) is 24.4 Å². The lowest BCUT2D eigenvalue weighted by molar-refractivity contribution is -0.145. The Kier molecular flexibility index (Phi) is 11.3. The number of esters is 2. The Bertz CT molecular complexity index is 1520. The zero-order valence-corrected chi connectivity index (χ0v) is 26.5. The van der Waals surface area contributed by atoms with Gasteiger partial charge in [0.15, 0.2) is 24.0 Å². The number of benzene rings is 1. The molecule has 0 aliphatic carbocycles. The van der Waals surface area contributed by atoms with Gasteiger partial charge in [-0.1, -0.05) is 30.3 Å². The molecule has 2 aromatic heterocycles. The lowest BCUT2D eigenvalue weighted by Crippen LogP contribution is -2.44. The molecule has 0 bridgehead atoms. The van der Waals surface area contributed by atoms with Gasteiger partial charge in [-0.05, 0) is 39.7 Å². The van der Waals surface area contributed by atoms with Crippen molar-refractivity contribution < 1.29 is 52.4 Å². The van der Waals surface area contributed by atoms with Crippen molar-refractivity contribution in [2.24, 2.45) is 0 Å². The Morgan fingerprint density at radius 1 is 1.16 bits per heavy atom. The van der Waals surface area contributed by atoms with Crippen molar-refractivity contribution in [3.05, 3.63) is 48.0 Å². The molecule has 45 heavy (non-hydrogen) atoms. The molecule has 246 valence electrons. The lowest BCUT2D eigenvalue weighted by atomic mass is 9.96. The van der Waals surface area contributed by atoms with Crippen molar-refractivity contribution in [2.45, 2.75) is 64.2 Å². The maximum Gasteiger partial charge on any atom is 0.406 e. The number of carbonyl (C=O) groups is 2. The van der Waals surface area contributed by atoms with Crippen LogP contribution < -0.4 is 9.82 Å². The van der Waals surface area contributed by atoms with Crippen molar-refractivity contribution >= 4 is 30.8 Å². The summed E-state index contributed by atoms with van der Waals surface area (Å²) in [5.41, 5.74) is -0.600. The summed E-state index contributed by atoms with van der Waals surface area (Å²) in [5, 5.41) is 25.0. The first-order valence-electron chi connectivity index (χ1n) is 14.3. The molecule has 2 unspecified atom stereocenters. The van der Waals surface area contributed by atoms with Gasteiger partial charge in [0.1, 0.15) is 29.7 Å². The van der Waals surface area contributed by atoms with E-state index in [0.29, 0.717) is 11.3 Å². The summed E-state index contributed by atoms with van der Waals surface area (Å²) in [7, 11) is -3.07. The molecule has 3 aromatic rings. The molecule has 1 fully saturated rings. The Morgan fingerprint density at radius 3 is 2.53 bits per heavy atom. The predicted molar refractivity (Wildman–Crippen MR) is 157 cm³/mol. The Hall–Kier alpha value is -3.50. The number of hydrogen-bond donors (Lipinski definition) is 3. The highest BCUT2D eigenvalue weighted by Crippen LogP contribution is 2.47. The molecule has 1 saturated heterocycles. The van der Waals surface area contributed by atoms with Gasteiger partial charge in [0.25, 0.3) is 0 Å². The minimum Gasteiger partial charge on any atom is -0.479 e. The maximum absolute atomic E-state index is 14.0. The van der Waals surface area contributed by atoms with Crippen LogP contribution in [0.25, 0.3) is 11.2 Å². The van der Waals surface area contributed by atoms with E-state index in [4.69, 9.17) is 28.0 Å². The van der Waals surface area contributed by atoms with Crippen LogP contribution in [0, 0.1) is 6.92 Å². The molecule has 16 nitrogen and oxygen atoms in total. The van der Waals surface area contributed by atoms with Gasteiger partial charge in [0.2, 0.25) is 5.88 Å². The third kappa shape index (κ3) is 8.02. The molecule has 17 heteroatoms. The number of aryl methyl sites for hydroxylation is 1. The van der Waals surface area contributed by atoms with E-state index in [1.165, 1.54) is 24.9 Å². The van der Waals surface area contributed by atoms with E-state index >= 15 is 0 Å². The summed E-state index contributed by atoms with van der Waals surface area (Å²) in [6, 6.07) is 7.69. The number of carbonyl (C=O) groups excluding carboxylic acids is 2. The fourth-order valence-corrected chi connectivity index (χ4v) is 6.20. The van der Waals surface area contributed by atoms with Crippen LogP contribution in [-0.4, -0.2) is 99.1 Å². The first-order chi connectivity index (χ1) is 21.4. The van der Waals surface area contributed by atoms with E-state index < -0.39 is 63.0 Å². The third-order valence-corrected chi connectivity index (χ3v) is 8.52. The quantitative estimate of drug-likeness (QED) is 0.158. The minimum atomic E-state index is -4.51. The number of aliphatic hydroxyl groups excluding tert-OH is 1. The van der Waals surface area contributed by atoms with Crippen LogP contribution in [0.5, 0.6) is 5.88 Å². The van der Waals surface area contributed by atoms with Crippen LogP contribution in [-0.2, 0) is 43.8 Å². The van der Waals surface area contributed by atoms with Gasteiger partial charge in [-0.3, -0.25) is 18.4 Å². The third-order valence-electron chi connectivity index (χ3n) is 6.94. The summed E-state index contributed by atoms with van der Waals surface area (Å²) in [6.07, 6.45) is -2.63. The van der Waals surface area contributed by atoms with E-state index in [1.54, 1.807) is 51.1 Å². The van der Waals surface area contributed by atoms with Gasteiger partial charge in [0, 0.05) is 0 Å². The van der Waals surface area contributed by atoms with Gasteiger partial charge >= 0.3 is 19.7 Å². The number of fused-ring (bicyclic) bond motifs is 1. The Morgan fingerprint density at radius 2 is 1.87 bits per heavy atom. The first-order valence-corrected chi connectivity index (χ1v) is 15.8. The number of nitrogens with zero attached hydrogens (tertiary/aromatic N) is 4. The number of aromatic nitrogens is 4. The van der Waals surface area contributed by atoms with E-state index in [0.717, 1.165) is 5.56 Å². The Labute approximate surface area is 259 Å². The SMILES string of the molecule is CCOC(=O)COP(=O)(N[C@H](Cc1ccccc1)C(=O)OCC)OC[C@H]1O[C@@H](n2cnc3c(OC)nc(C)nc32)[C@@](C)(O)C1O. The molecule has 0 amide bonds. The number of rotatable bonds is 15. The molecule has 0 spiro atoms. The molecule has 6 atom stereocenters. The number of hydrogen-bond acceptors (Lipinski definition) is 14. The number of aliphatic hydroxyl groups is 2. The zero-order chi connectivity index (χ0) is 32.8. The van der Waals surface area contributed by atoms with Gasteiger partial charge in [-0.15, -0.1) is 0 Å². The van der Waals surface area contributed by atoms with Crippen molar-refractivity contribution in [3.63, 3.8) is 0 Å². The summed E-state index contributed by atoms with van der Waals surface area (Å²) in [5.74, 6) is -0.966. The van der Waals surface area contributed by atoms with E-state index in [-0.39, 0.29) is 31.2 Å². The fourth-order valence-electron chi connectivity index (χ4n) is 4.77. The average Bonchev–Trinajstić information content (AvgIpc) is 3.52. The summed E-state index contributed by atoms with van der Waals surface area (Å²) in [4.78, 5) is 37.8. The van der Waals surface area contributed by atoms with Crippen molar-refractivity contribution in [1.82, 2.24) is 24.6 Å². The molecule has 4 rings (SSSR count). The van der Waals surface area contributed by atoms with Crippen LogP contribution in [0.15, 0.2) is 36.7 Å². The largest absolute Gasteiger partial charge is 0.479 e. The van der Waals surface area contributed by atoms with Gasteiger partial charge in [-0.2, -0.15) is 4.98 Å². The standard InChI is InChI=1S/C28H38N5O11P/c1-6-40-21(34)15-43-45(38,32-19(26(36)41-7-2)13-18-11-9-8-10-12-18)42-14-20-23(35)28(4,37)27(44-20)33-16-29-22-24(33)30-17(3)31-25(22)39-5/h8-12,16,19-20,23,27,35,37H,6-7,13-15H2,1-5H3,(H,32,38)/t19-,20-,23?,27-,28+,45?/m1/s1. The molecule has 3 heterocycles. The minimum absolute atomic E-state index is 0.0492. The number of ether oxygens (including phenoxy) is 4. The highest BCUT2D eigenvalue weighted by Gasteiger charge is 2.54. The molecule has 1 aromatic carbocycles. The number of imidazole rings is 1. The monoisotopic (exact) mass is 651 g/mol. The average molecular weight is 652 g/mol. The van der Waals surface area contributed by atoms with E-state index in [1.807, 2.05) is 0 Å². The van der Waals surface area contributed by atoms with Crippen molar-refractivity contribution in [1.29, 1.82) is 0 Å². The number of nitrogens with one attached hydrogen (secondary N) is 1. The predicted octanol–water partition coefficient (Wildman–Crippen LogP) is 1.62. The second kappa shape index (κ2) is 14.7. The lowest BCUT2D eigenvalue weighted by Gasteiger charge is -2.27. The highest BCUT2D eigenvalue weighted by molar-refractivity contribution is 7.51. The normalized spacial score (nSPS) is 23.4. The first kappa shape index (κ1) is 34.4. The van der Waals surface area contributed by atoms with Gasteiger partial charge in [0.05, 0.1) is 33.3 Å². The smallest absolute Gasteiger partial charge is 0.406 e. The molecule has 3 N–H and O–H groups in total. The molecule has 1 aliphatic rings. The van der Waals surface area contributed by atoms with Crippen LogP contribution in [0.4, 0.5) is 0 Å². The van der Waals surface area contributed by atoms with Crippen LogP contribution in [0.1, 0.15) is 38.4 Å². The molecular weight excluding hydrogens is 613 g/mol. The van der Waals surface area contributed by atoms with Crippen molar-refractivity contribution in [3.8, 4) is 5.88 Å². The summed E-state index contributed by atoms with van der Waals surface area (Å²) in [6.45, 7) is 4.97. The van der Waals surface area contributed by atoms with Crippen LogP contribution in [0.3, 0.4) is 0 Å². The van der Waals surface area contributed by atoms with E-state index in [2.05, 4.69) is 20.0 Å². The van der Waals surface area contributed by atoms with Gasteiger partial charge < -0.3 is 29.2 Å². The van der Waals surface area contributed by atoms with Crippen LogP contribution in [0.2, 0.25) is 0 Å². The van der Waals surface area contributed by atoms with Crippen LogP contribution >= 0.6 is 7.75 Å². The molecule has 1 aliphatic heterocycles. The summed E-state index contributed by atoms with van der Waals surface area (Å²) >= 11 is 0. The van der Waals surface area contributed by atoms with Crippen molar-refractivity contribution in [2.75, 3.05) is 33.5 Å². The Balaban J connectivity index is 1.58. The maximum atomic E-state index is 14.0. The molecule has 0 radical (unpaired) electrons. The molecular formula is C28H38N5O11P. The topological polar surface area (TPSA) is 203 Å². The zero-order valence-electron chi connectivity index (χ0n) is 25.6. The fraction of sp³-hybridized carbons (Fsp3) is 0.536. The molecule has 0 saturated carbocycles. The number of methoxy groups -OCH3 is 1. The highest BCUT2D eigenvalue weighted by atomic mass is 31.2.